The van der Waals surface area contributed by atoms with Gasteiger partial charge in [-0.1, -0.05) is 0 Å². The Morgan fingerprint density at radius 1 is 1.27 bits per heavy atom. The quantitative estimate of drug-likeness (QED) is 0.771. The monoisotopic (exact) mass is 362 g/mol. The fraction of sp³-hybridized carbons (Fsp3) is 0.444. The lowest BCUT2D eigenvalue weighted by Gasteiger charge is -2.31. The van der Waals surface area contributed by atoms with Crippen LogP contribution in [0.5, 0.6) is 5.75 Å². The van der Waals surface area contributed by atoms with Crippen molar-refractivity contribution in [2.45, 2.75) is 19.0 Å². The van der Waals surface area contributed by atoms with E-state index in [1.54, 1.807) is 30.0 Å². The lowest BCUT2D eigenvalue weighted by Crippen LogP contribution is -2.42. The molecule has 1 aromatic carbocycles. The standard InChI is InChI=1S/C18H22N2O6/c1-25-12-2-3-15-13(10-12)14(11-20(15)5-4-16(21)22)17(18(23)24)19-6-8-26-9-7-19/h2-3,10-11,17H,4-9H2,1H3,(H,21,22)(H,23,24)/t17-/m0/s1. The highest BCUT2D eigenvalue weighted by Gasteiger charge is 2.31. The van der Waals surface area contributed by atoms with E-state index < -0.39 is 18.0 Å². The van der Waals surface area contributed by atoms with Crippen molar-refractivity contribution in [2.75, 3.05) is 33.4 Å². The molecule has 0 aliphatic carbocycles. The first-order chi connectivity index (χ1) is 12.5. The molecule has 140 valence electrons. The molecule has 0 bridgehead atoms. The highest BCUT2D eigenvalue weighted by Crippen LogP contribution is 2.33. The van der Waals surface area contributed by atoms with Crippen LogP contribution in [-0.2, 0) is 20.9 Å². The van der Waals surface area contributed by atoms with E-state index in [4.69, 9.17) is 14.6 Å². The molecule has 0 unspecified atom stereocenters. The zero-order chi connectivity index (χ0) is 18.7. The zero-order valence-electron chi connectivity index (χ0n) is 14.6. The summed E-state index contributed by atoms with van der Waals surface area (Å²) < 4.78 is 12.4. The number of methoxy groups -OCH3 is 1. The van der Waals surface area contributed by atoms with E-state index in [9.17, 15) is 14.7 Å². The number of aryl methyl sites for hydroxylation is 1. The van der Waals surface area contributed by atoms with Gasteiger partial charge in [0, 0.05) is 42.3 Å². The number of carboxylic acids is 2. The second-order valence-electron chi connectivity index (χ2n) is 6.19. The summed E-state index contributed by atoms with van der Waals surface area (Å²) in [6, 6.07) is 4.60. The van der Waals surface area contributed by atoms with Gasteiger partial charge in [-0.15, -0.1) is 0 Å². The highest BCUT2D eigenvalue weighted by atomic mass is 16.5. The van der Waals surface area contributed by atoms with Gasteiger partial charge in [0.25, 0.3) is 0 Å². The summed E-state index contributed by atoms with van der Waals surface area (Å²) in [6.45, 7) is 2.31. The molecular formula is C18H22N2O6. The van der Waals surface area contributed by atoms with Crippen LogP contribution in [0.15, 0.2) is 24.4 Å². The van der Waals surface area contributed by atoms with Gasteiger partial charge in [0.05, 0.1) is 26.7 Å². The number of carbonyl (C=O) groups is 2. The van der Waals surface area contributed by atoms with Gasteiger partial charge in [-0.2, -0.15) is 0 Å². The molecule has 8 heteroatoms. The topological polar surface area (TPSA) is 101 Å². The van der Waals surface area contributed by atoms with E-state index >= 15 is 0 Å². The molecule has 2 heterocycles. The highest BCUT2D eigenvalue weighted by molar-refractivity contribution is 5.90. The number of rotatable bonds is 7. The number of aromatic nitrogens is 1. The maximum atomic E-state index is 12.1. The number of ether oxygens (including phenoxy) is 2. The zero-order valence-corrected chi connectivity index (χ0v) is 14.6. The van der Waals surface area contributed by atoms with Crippen LogP contribution in [0.2, 0.25) is 0 Å². The number of morpholine rings is 1. The van der Waals surface area contributed by atoms with E-state index in [0.717, 1.165) is 10.9 Å². The van der Waals surface area contributed by atoms with Gasteiger partial charge in [-0.25, -0.2) is 0 Å². The number of hydrogen-bond donors (Lipinski definition) is 2. The first-order valence-electron chi connectivity index (χ1n) is 8.44. The van der Waals surface area contributed by atoms with Crippen LogP contribution in [0.4, 0.5) is 0 Å². The van der Waals surface area contributed by atoms with Crippen molar-refractivity contribution in [1.29, 1.82) is 0 Å². The number of aliphatic carboxylic acids is 2. The van der Waals surface area contributed by atoms with Crippen molar-refractivity contribution in [3.05, 3.63) is 30.0 Å². The number of benzene rings is 1. The summed E-state index contributed by atoms with van der Waals surface area (Å²) >= 11 is 0. The van der Waals surface area contributed by atoms with Gasteiger partial charge in [0.15, 0.2) is 0 Å². The molecule has 0 spiro atoms. The Hall–Kier alpha value is -2.58. The predicted octanol–water partition coefficient (Wildman–Crippen LogP) is 1.58. The second kappa shape index (κ2) is 7.76. The summed E-state index contributed by atoms with van der Waals surface area (Å²) in [5, 5.41) is 19.6. The lowest BCUT2D eigenvalue weighted by atomic mass is 10.0. The van der Waals surface area contributed by atoms with Crippen LogP contribution < -0.4 is 4.74 Å². The Morgan fingerprint density at radius 2 is 2.00 bits per heavy atom. The van der Waals surface area contributed by atoms with Crippen molar-refractivity contribution in [2.24, 2.45) is 0 Å². The van der Waals surface area contributed by atoms with E-state index in [0.29, 0.717) is 37.6 Å². The number of carboxylic acid groups (broad SMARTS) is 2. The molecule has 1 aliphatic rings. The normalized spacial score (nSPS) is 16.5. The third-order valence-corrected chi connectivity index (χ3v) is 4.62. The summed E-state index contributed by atoms with van der Waals surface area (Å²) in [6.07, 6.45) is 1.71. The van der Waals surface area contributed by atoms with Crippen LogP contribution in [-0.4, -0.2) is 65.0 Å². The summed E-state index contributed by atoms with van der Waals surface area (Å²) in [7, 11) is 1.55. The maximum Gasteiger partial charge on any atom is 0.325 e. The first kappa shape index (κ1) is 18.2. The fourth-order valence-corrected chi connectivity index (χ4v) is 3.37. The number of nitrogens with zero attached hydrogens (tertiary/aromatic N) is 2. The van der Waals surface area contributed by atoms with Crippen molar-refractivity contribution in [3.8, 4) is 5.75 Å². The minimum absolute atomic E-state index is 0.0372. The van der Waals surface area contributed by atoms with Gasteiger partial charge in [0.1, 0.15) is 11.8 Å². The van der Waals surface area contributed by atoms with Crippen molar-refractivity contribution in [1.82, 2.24) is 9.47 Å². The molecule has 0 amide bonds. The van der Waals surface area contributed by atoms with Gasteiger partial charge in [-0.3, -0.25) is 14.5 Å². The van der Waals surface area contributed by atoms with Gasteiger partial charge >= 0.3 is 11.9 Å². The first-order valence-corrected chi connectivity index (χ1v) is 8.44. The number of fused-ring (bicyclic) bond motifs is 1. The Balaban J connectivity index is 2.08. The minimum atomic E-state index is -0.938. The lowest BCUT2D eigenvalue weighted by molar-refractivity contribution is -0.145. The largest absolute Gasteiger partial charge is 0.497 e. The van der Waals surface area contributed by atoms with Crippen LogP contribution in [0.25, 0.3) is 10.9 Å². The number of hydrogen-bond acceptors (Lipinski definition) is 5. The molecule has 1 atom stereocenters. The van der Waals surface area contributed by atoms with Gasteiger partial charge in [-0.05, 0) is 18.2 Å². The SMILES string of the molecule is COc1ccc2c(c1)c([C@@H](C(=O)O)N1CCOCC1)cn2CCC(=O)O. The maximum absolute atomic E-state index is 12.1. The van der Waals surface area contributed by atoms with Crippen LogP contribution in [0, 0.1) is 0 Å². The van der Waals surface area contributed by atoms with Crippen molar-refractivity contribution < 1.29 is 29.3 Å². The molecule has 1 saturated heterocycles. The third-order valence-electron chi connectivity index (χ3n) is 4.62. The summed E-state index contributed by atoms with van der Waals surface area (Å²) in [5.41, 5.74) is 1.43. The minimum Gasteiger partial charge on any atom is -0.497 e. The third kappa shape index (κ3) is 3.66. The molecule has 0 radical (unpaired) electrons. The smallest absolute Gasteiger partial charge is 0.325 e. The Labute approximate surface area is 150 Å². The second-order valence-corrected chi connectivity index (χ2v) is 6.19. The van der Waals surface area contributed by atoms with Crippen molar-refractivity contribution in [3.63, 3.8) is 0 Å². The van der Waals surface area contributed by atoms with E-state index in [-0.39, 0.29) is 13.0 Å². The molecule has 1 aromatic heterocycles. The molecular weight excluding hydrogens is 340 g/mol. The average molecular weight is 362 g/mol. The average Bonchev–Trinajstić information content (AvgIpc) is 2.98. The van der Waals surface area contributed by atoms with Gasteiger partial charge in [0.2, 0.25) is 0 Å². The van der Waals surface area contributed by atoms with Crippen LogP contribution in [0.1, 0.15) is 18.0 Å². The molecule has 8 nitrogen and oxygen atoms in total. The van der Waals surface area contributed by atoms with E-state index in [1.165, 1.54) is 0 Å². The Morgan fingerprint density at radius 3 is 2.62 bits per heavy atom. The Kier molecular flexibility index (Phi) is 5.43. The molecule has 1 fully saturated rings. The van der Waals surface area contributed by atoms with Gasteiger partial charge < -0.3 is 24.3 Å². The molecule has 0 saturated carbocycles. The molecule has 3 rings (SSSR count). The molecule has 1 aliphatic heterocycles. The van der Waals surface area contributed by atoms with Crippen LogP contribution >= 0.6 is 0 Å². The summed E-state index contributed by atoms with van der Waals surface area (Å²) in [4.78, 5) is 24.9. The molecule has 2 N–H and O–H groups in total. The van der Waals surface area contributed by atoms with Crippen molar-refractivity contribution >= 4 is 22.8 Å². The van der Waals surface area contributed by atoms with E-state index in [2.05, 4.69) is 0 Å². The Bertz CT molecular complexity index is 809. The predicted molar refractivity (Wildman–Crippen MR) is 93.5 cm³/mol. The molecule has 2 aromatic rings. The fourth-order valence-electron chi connectivity index (χ4n) is 3.37. The summed E-state index contributed by atoms with van der Waals surface area (Å²) in [5.74, 6) is -1.21. The molecule has 26 heavy (non-hydrogen) atoms. The van der Waals surface area contributed by atoms with E-state index in [1.807, 2.05) is 11.0 Å². The van der Waals surface area contributed by atoms with Crippen LogP contribution in [0.3, 0.4) is 0 Å².